The maximum absolute atomic E-state index is 13.7. The quantitative estimate of drug-likeness (QED) is 0.452. The minimum Gasteiger partial charge on any atom is -0.480 e. The largest absolute Gasteiger partial charge is 0.480 e. The first-order valence-electron chi connectivity index (χ1n) is 12.8. The lowest BCUT2D eigenvalue weighted by atomic mass is 10.1. The number of alkyl carbamates (subject to hydrolysis) is 1. The number of nitrogens with one attached hydrogen (secondary N) is 1. The van der Waals surface area contributed by atoms with Crippen LogP contribution in [-0.2, 0) is 16.1 Å². The zero-order valence-corrected chi connectivity index (χ0v) is 22.9. The second-order valence-corrected chi connectivity index (χ2v) is 11.0. The van der Waals surface area contributed by atoms with E-state index in [4.69, 9.17) is 21.3 Å². The number of imidazole rings is 1. The summed E-state index contributed by atoms with van der Waals surface area (Å²) in [5.41, 5.74) is 0.548. The van der Waals surface area contributed by atoms with Gasteiger partial charge in [-0.25, -0.2) is 14.6 Å². The van der Waals surface area contributed by atoms with Gasteiger partial charge in [0.15, 0.2) is 0 Å². The Morgan fingerprint density at radius 1 is 1.26 bits per heavy atom. The number of hydrogen-bond donors (Lipinski definition) is 2. The third-order valence-electron chi connectivity index (χ3n) is 6.52. The highest BCUT2D eigenvalue weighted by atomic mass is 35.5. The van der Waals surface area contributed by atoms with Gasteiger partial charge >= 0.3 is 12.1 Å². The maximum atomic E-state index is 13.7. The van der Waals surface area contributed by atoms with Gasteiger partial charge in [0.2, 0.25) is 5.95 Å². The molecule has 0 saturated carbocycles. The van der Waals surface area contributed by atoms with E-state index in [2.05, 4.69) is 5.32 Å². The number of aliphatic carboxylic acids is 1. The zero-order chi connectivity index (χ0) is 27.6. The summed E-state index contributed by atoms with van der Waals surface area (Å²) in [5.74, 6) is -0.507. The molecule has 204 valence electrons. The van der Waals surface area contributed by atoms with Crippen molar-refractivity contribution >= 4 is 40.6 Å². The number of hydrogen-bond acceptors (Lipinski definition) is 6. The Kier molecular flexibility index (Phi) is 8.01. The number of piperidine rings is 1. The first-order valence-corrected chi connectivity index (χ1v) is 13.2. The molecule has 4 rings (SSSR count). The van der Waals surface area contributed by atoms with Crippen molar-refractivity contribution in [1.82, 2.24) is 19.4 Å². The topological polar surface area (TPSA) is 119 Å². The lowest BCUT2D eigenvalue weighted by molar-refractivity contribution is -0.141. The minimum absolute atomic E-state index is 0.166. The fourth-order valence-corrected chi connectivity index (χ4v) is 5.01. The van der Waals surface area contributed by atoms with Crippen LogP contribution in [0.4, 0.5) is 10.7 Å². The molecule has 0 spiro atoms. The fourth-order valence-electron chi connectivity index (χ4n) is 4.82. The SMILES string of the molecule is CCC(C(=O)O)n1ccc2nc(N3CCC[C@@H](NC(=O)OC(C)(C)C)C3)n(Cc3ccccc3Cl)c2c1=O. The van der Waals surface area contributed by atoms with E-state index in [0.717, 1.165) is 18.4 Å². The van der Waals surface area contributed by atoms with E-state index in [1.165, 1.54) is 10.8 Å². The molecule has 10 nitrogen and oxygen atoms in total. The number of halogens is 1. The fraction of sp³-hybridized carbons (Fsp3) is 0.481. The Bertz CT molecular complexity index is 1390. The molecule has 0 aliphatic carbocycles. The number of nitrogens with zero attached hydrogens (tertiary/aromatic N) is 4. The Balaban J connectivity index is 1.76. The Labute approximate surface area is 226 Å². The van der Waals surface area contributed by atoms with Gasteiger partial charge in [0.1, 0.15) is 17.2 Å². The summed E-state index contributed by atoms with van der Waals surface area (Å²) >= 11 is 6.48. The van der Waals surface area contributed by atoms with E-state index < -0.39 is 29.3 Å². The lowest BCUT2D eigenvalue weighted by Crippen LogP contribution is -2.49. The Morgan fingerprint density at radius 2 is 2.00 bits per heavy atom. The van der Waals surface area contributed by atoms with Crippen molar-refractivity contribution < 1.29 is 19.4 Å². The molecular weight excluding hydrogens is 510 g/mol. The van der Waals surface area contributed by atoms with Gasteiger partial charge in [0.05, 0.1) is 12.1 Å². The first kappa shape index (κ1) is 27.5. The lowest BCUT2D eigenvalue weighted by Gasteiger charge is -2.34. The summed E-state index contributed by atoms with van der Waals surface area (Å²) in [4.78, 5) is 44.8. The molecule has 1 amide bonds. The highest BCUT2D eigenvalue weighted by Crippen LogP contribution is 2.27. The number of anilines is 1. The van der Waals surface area contributed by atoms with E-state index in [0.29, 0.717) is 35.1 Å². The van der Waals surface area contributed by atoms with Crippen LogP contribution in [0.5, 0.6) is 0 Å². The molecule has 0 radical (unpaired) electrons. The zero-order valence-electron chi connectivity index (χ0n) is 22.1. The van der Waals surface area contributed by atoms with Crippen LogP contribution in [-0.4, -0.2) is 56.0 Å². The third-order valence-corrected chi connectivity index (χ3v) is 6.89. The van der Waals surface area contributed by atoms with Crippen molar-refractivity contribution in [3.05, 3.63) is 57.5 Å². The molecule has 1 saturated heterocycles. The van der Waals surface area contributed by atoms with Gasteiger partial charge in [-0.05, 0) is 57.7 Å². The van der Waals surface area contributed by atoms with Crippen LogP contribution in [0.25, 0.3) is 11.0 Å². The summed E-state index contributed by atoms with van der Waals surface area (Å²) in [6.45, 7) is 8.61. The molecular formula is C27H34ClN5O5. The van der Waals surface area contributed by atoms with Gasteiger partial charge < -0.3 is 24.6 Å². The van der Waals surface area contributed by atoms with Crippen LogP contribution in [0.3, 0.4) is 0 Å². The number of fused-ring (bicyclic) bond motifs is 1. The molecule has 3 heterocycles. The van der Waals surface area contributed by atoms with Crippen molar-refractivity contribution in [3.8, 4) is 0 Å². The summed E-state index contributed by atoms with van der Waals surface area (Å²) in [5, 5.41) is 13.2. The smallest absolute Gasteiger partial charge is 0.407 e. The van der Waals surface area contributed by atoms with Gasteiger partial charge in [-0.2, -0.15) is 0 Å². The monoisotopic (exact) mass is 543 g/mol. The summed E-state index contributed by atoms with van der Waals surface area (Å²) < 4.78 is 8.49. The molecule has 3 aromatic rings. The van der Waals surface area contributed by atoms with E-state index in [1.54, 1.807) is 23.6 Å². The second-order valence-electron chi connectivity index (χ2n) is 10.5. The number of carbonyl (C=O) groups is 2. The van der Waals surface area contributed by atoms with Crippen LogP contribution in [0.1, 0.15) is 58.6 Å². The van der Waals surface area contributed by atoms with Crippen LogP contribution in [0.15, 0.2) is 41.3 Å². The number of ether oxygens (including phenoxy) is 1. The molecule has 11 heteroatoms. The first-order chi connectivity index (χ1) is 18.0. The Hall–Kier alpha value is -3.53. The summed E-state index contributed by atoms with van der Waals surface area (Å²) in [6.07, 6.45) is 2.86. The molecule has 1 aromatic carbocycles. The highest BCUT2D eigenvalue weighted by Gasteiger charge is 2.29. The van der Waals surface area contributed by atoms with Crippen LogP contribution < -0.4 is 15.8 Å². The minimum atomic E-state index is -1.07. The van der Waals surface area contributed by atoms with Gasteiger partial charge in [0, 0.05) is 30.4 Å². The number of carboxylic acids is 1. The molecule has 2 N–H and O–H groups in total. The van der Waals surface area contributed by atoms with Gasteiger partial charge in [0.25, 0.3) is 5.56 Å². The summed E-state index contributed by atoms with van der Waals surface area (Å²) in [6, 6.07) is 7.90. The third kappa shape index (κ3) is 5.96. The number of carboxylic acid groups (broad SMARTS) is 1. The average molecular weight is 544 g/mol. The second kappa shape index (κ2) is 11.1. The average Bonchev–Trinajstić information content (AvgIpc) is 3.20. The highest BCUT2D eigenvalue weighted by molar-refractivity contribution is 6.31. The maximum Gasteiger partial charge on any atom is 0.407 e. The number of amides is 1. The normalized spacial score (nSPS) is 16.9. The van der Waals surface area contributed by atoms with Crippen LogP contribution >= 0.6 is 11.6 Å². The molecule has 1 aliphatic rings. The van der Waals surface area contributed by atoms with Crippen LogP contribution in [0.2, 0.25) is 5.02 Å². The van der Waals surface area contributed by atoms with E-state index in [9.17, 15) is 19.5 Å². The molecule has 1 unspecified atom stereocenters. The number of pyridine rings is 1. The predicted molar refractivity (Wildman–Crippen MR) is 146 cm³/mol. The van der Waals surface area contributed by atoms with E-state index >= 15 is 0 Å². The molecule has 1 fully saturated rings. The van der Waals surface area contributed by atoms with Gasteiger partial charge in [-0.3, -0.25) is 9.36 Å². The molecule has 38 heavy (non-hydrogen) atoms. The Morgan fingerprint density at radius 3 is 2.66 bits per heavy atom. The van der Waals surface area contributed by atoms with E-state index in [1.807, 2.05) is 43.9 Å². The number of aromatic nitrogens is 3. The molecule has 1 aliphatic heterocycles. The van der Waals surface area contributed by atoms with Crippen molar-refractivity contribution in [3.63, 3.8) is 0 Å². The molecule has 2 aromatic heterocycles. The standard InChI is InChI=1S/C27H34ClN5O5/c1-5-21(24(35)36)32-14-12-20-22(23(32)34)33(15-17-9-6-7-11-19(17)28)25(30-20)31-13-8-10-18(16-31)29-26(37)38-27(2,3)4/h6-7,9,11-12,14,18,21H,5,8,10,13,15-16H2,1-4H3,(H,29,37)(H,35,36)/t18-,21?/m1/s1. The van der Waals surface area contributed by atoms with Crippen LogP contribution in [0, 0.1) is 0 Å². The number of rotatable bonds is 7. The van der Waals surface area contributed by atoms with Gasteiger partial charge in [-0.15, -0.1) is 0 Å². The van der Waals surface area contributed by atoms with Crippen molar-refractivity contribution in [1.29, 1.82) is 0 Å². The van der Waals surface area contributed by atoms with Gasteiger partial charge in [-0.1, -0.05) is 36.7 Å². The van der Waals surface area contributed by atoms with E-state index in [-0.39, 0.29) is 19.0 Å². The number of carbonyl (C=O) groups excluding carboxylic acids is 1. The van der Waals surface area contributed by atoms with Crippen molar-refractivity contribution in [2.24, 2.45) is 0 Å². The number of benzene rings is 1. The summed E-state index contributed by atoms with van der Waals surface area (Å²) in [7, 11) is 0. The van der Waals surface area contributed by atoms with Crippen molar-refractivity contribution in [2.45, 2.75) is 71.2 Å². The van der Waals surface area contributed by atoms with Crippen molar-refractivity contribution in [2.75, 3.05) is 18.0 Å². The molecule has 0 bridgehead atoms. The predicted octanol–water partition coefficient (Wildman–Crippen LogP) is 4.43. The molecule has 2 atom stereocenters.